The van der Waals surface area contributed by atoms with Crippen molar-refractivity contribution in [2.75, 3.05) is 6.54 Å². The smallest absolute Gasteiger partial charge is 0.305 e. The topological polar surface area (TPSA) is 205 Å². The third-order valence-electron chi connectivity index (χ3n) is 7.35. The minimum atomic E-state index is -1.28. The first kappa shape index (κ1) is 38.2. The van der Waals surface area contributed by atoms with Crippen LogP contribution in [-0.4, -0.2) is 70.3 Å². The maximum Gasteiger partial charge on any atom is 0.305 e. The first-order valence-corrected chi connectivity index (χ1v) is 15.6. The summed E-state index contributed by atoms with van der Waals surface area (Å²) in [6.07, 6.45) is 23.2. The summed E-state index contributed by atoms with van der Waals surface area (Å²) in [5.41, 5.74) is 3.97. The first-order valence-electron chi connectivity index (χ1n) is 15.6. The summed E-state index contributed by atoms with van der Waals surface area (Å²) in [7, 11) is 0. The van der Waals surface area contributed by atoms with Gasteiger partial charge in [-0.15, -0.1) is 0 Å². The van der Waals surface area contributed by atoms with E-state index in [0.717, 1.165) is 6.42 Å². The molecule has 1 aliphatic heterocycles. The summed E-state index contributed by atoms with van der Waals surface area (Å²) in [6, 6.07) is -1.28. The molecule has 0 spiro atoms. The third kappa shape index (κ3) is 15.6. The van der Waals surface area contributed by atoms with Crippen molar-refractivity contribution in [2.24, 2.45) is 11.7 Å². The Morgan fingerprint density at radius 3 is 2.16 bits per heavy atom. The van der Waals surface area contributed by atoms with Crippen LogP contribution in [0.4, 0.5) is 0 Å². The van der Waals surface area contributed by atoms with Gasteiger partial charge in [-0.3, -0.25) is 24.0 Å². The second kappa shape index (κ2) is 21.8. The van der Waals surface area contributed by atoms with Crippen molar-refractivity contribution >= 4 is 35.9 Å². The summed E-state index contributed by atoms with van der Waals surface area (Å²) in [4.78, 5) is 67.1. The Balaban J connectivity index is 0.000000440. The zero-order valence-electron chi connectivity index (χ0n) is 25.8. The van der Waals surface area contributed by atoms with Crippen LogP contribution < -0.4 is 21.7 Å². The first-order chi connectivity index (χ1) is 21.1. The summed E-state index contributed by atoms with van der Waals surface area (Å²) in [5.74, 6) is -3.54. The highest BCUT2D eigenvalue weighted by Gasteiger charge is 2.65. The molecule has 1 heterocycles. The van der Waals surface area contributed by atoms with E-state index in [9.17, 15) is 28.8 Å². The minimum absolute atomic E-state index is 0.0122. The van der Waals surface area contributed by atoms with E-state index in [2.05, 4.69) is 35.0 Å². The molecule has 12 heteroatoms. The number of aliphatic hydroxyl groups is 1. The molecule has 0 radical (unpaired) electrons. The van der Waals surface area contributed by atoms with Gasteiger partial charge in [-0.25, -0.2) is 0 Å². The van der Waals surface area contributed by atoms with Crippen LogP contribution >= 0.6 is 0 Å². The van der Waals surface area contributed by atoms with Crippen LogP contribution in [0.1, 0.15) is 96.8 Å². The van der Waals surface area contributed by atoms with Crippen molar-refractivity contribution < 1.29 is 39.0 Å². The number of aldehydes is 1. The lowest BCUT2D eigenvalue weighted by Crippen LogP contribution is -2.54. The van der Waals surface area contributed by atoms with E-state index in [4.69, 9.17) is 15.9 Å². The molecule has 1 aliphatic carbocycles. The zero-order valence-corrected chi connectivity index (χ0v) is 25.8. The average Bonchev–Trinajstić information content (AvgIpc) is 3.61. The van der Waals surface area contributed by atoms with Gasteiger partial charge >= 0.3 is 5.97 Å². The number of amides is 4. The SMILES string of the molecule is CCCCCC/C=C\CCCCC/C=C\C=C\C(O)C(N)=O.O=CCCC(=O)NC(CC(=O)O)C(=O)NC12CC1CNC2=O. The fourth-order valence-corrected chi connectivity index (χ4v) is 4.65. The Bertz CT molecular complexity index is 1040. The number of allylic oxidation sites excluding steroid dienone is 5. The van der Waals surface area contributed by atoms with Gasteiger partial charge in [-0.2, -0.15) is 0 Å². The van der Waals surface area contributed by atoms with Crippen molar-refractivity contribution in [1.82, 2.24) is 16.0 Å². The number of carbonyl (C=O) groups excluding carboxylic acids is 5. The number of hydrogen-bond acceptors (Lipinski definition) is 7. The van der Waals surface area contributed by atoms with Crippen molar-refractivity contribution in [3.8, 4) is 0 Å². The molecule has 1 saturated carbocycles. The molecule has 2 rings (SSSR count). The number of nitrogens with one attached hydrogen (secondary N) is 3. The lowest BCUT2D eigenvalue weighted by molar-refractivity contribution is -0.141. The molecule has 2 aliphatic rings. The predicted molar refractivity (Wildman–Crippen MR) is 166 cm³/mol. The largest absolute Gasteiger partial charge is 0.481 e. The Labute approximate surface area is 260 Å². The molecule has 4 unspecified atom stereocenters. The van der Waals surface area contributed by atoms with Crippen molar-refractivity contribution in [1.29, 1.82) is 0 Å². The highest BCUT2D eigenvalue weighted by Crippen LogP contribution is 2.46. The predicted octanol–water partition coefficient (Wildman–Crippen LogP) is 2.35. The van der Waals surface area contributed by atoms with Gasteiger partial charge in [0.1, 0.15) is 17.9 Å². The van der Waals surface area contributed by atoms with Crippen LogP contribution in [0.25, 0.3) is 0 Å². The molecule has 7 N–H and O–H groups in total. The van der Waals surface area contributed by atoms with Gasteiger partial charge in [0.15, 0.2) is 6.10 Å². The number of nitrogens with two attached hydrogens (primary N) is 1. The van der Waals surface area contributed by atoms with Crippen LogP contribution in [0.3, 0.4) is 0 Å². The Hall–Kier alpha value is -3.80. The molecule has 1 saturated heterocycles. The fraction of sp³-hybridized carbons (Fsp3) is 0.625. The zero-order chi connectivity index (χ0) is 32.8. The van der Waals surface area contributed by atoms with E-state index >= 15 is 0 Å². The van der Waals surface area contributed by atoms with Gasteiger partial charge in [-0.1, -0.05) is 63.0 Å². The van der Waals surface area contributed by atoms with E-state index in [1.807, 2.05) is 12.2 Å². The van der Waals surface area contributed by atoms with E-state index in [0.29, 0.717) is 19.3 Å². The Kier molecular flexibility index (Phi) is 19.0. The lowest BCUT2D eigenvalue weighted by Gasteiger charge is -2.20. The highest BCUT2D eigenvalue weighted by atomic mass is 16.4. The molecule has 2 fully saturated rings. The maximum atomic E-state index is 12.2. The van der Waals surface area contributed by atoms with Crippen LogP contribution in [-0.2, 0) is 28.8 Å². The molecule has 0 aromatic rings. The molecule has 246 valence electrons. The second-order valence-corrected chi connectivity index (χ2v) is 11.1. The number of aliphatic hydroxyl groups excluding tert-OH is 1. The third-order valence-corrected chi connectivity index (χ3v) is 7.35. The van der Waals surface area contributed by atoms with Crippen LogP contribution in [0.15, 0.2) is 36.5 Å². The van der Waals surface area contributed by atoms with Gasteiger partial charge in [0.25, 0.3) is 0 Å². The molecular formula is C32H50N4O8. The van der Waals surface area contributed by atoms with Crippen molar-refractivity contribution in [3.05, 3.63) is 36.5 Å². The molecule has 4 amide bonds. The van der Waals surface area contributed by atoms with Gasteiger partial charge < -0.3 is 36.7 Å². The van der Waals surface area contributed by atoms with E-state index in [1.54, 1.807) is 6.08 Å². The molecule has 0 aromatic carbocycles. The summed E-state index contributed by atoms with van der Waals surface area (Å²) in [5, 5.41) is 25.4. The number of carbonyl (C=O) groups is 6. The average molecular weight is 619 g/mol. The summed E-state index contributed by atoms with van der Waals surface area (Å²) < 4.78 is 0. The van der Waals surface area contributed by atoms with Crippen LogP contribution in [0.5, 0.6) is 0 Å². The molecule has 0 bridgehead atoms. The number of hydrogen-bond donors (Lipinski definition) is 6. The van der Waals surface area contributed by atoms with Gasteiger partial charge in [0, 0.05) is 25.3 Å². The number of fused-ring (bicyclic) bond motifs is 1. The van der Waals surface area contributed by atoms with Crippen LogP contribution in [0.2, 0.25) is 0 Å². The Morgan fingerprint density at radius 2 is 1.64 bits per heavy atom. The van der Waals surface area contributed by atoms with Crippen molar-refractivity contribution in [3.63, 3.8) is 0 Å². The monoisotopic (exact) mass is 618 g/mol. The second-order valence-electron chi connectivity index (χ2n) is 11.1. The highest BCUT2D eigenvalue weighted by molar-refractivity contribution is 5.99. The molecular weight excluding hydrogens is 568 g/mol. The normalized spacial score (nSPS) is 20.0. The van der Waals surface area contributed by atoms with Crippen LogP contribution in [0, 0.1) is 5.92 Å². The quantitative estimate of drug-likeness (QED) is 0.0459. The number of aliphatic carboxylic acids is 1. The molecule has 44 heavy (non-hydrogen) atoms. The number of unbranched alkanes of at least 4 members (excludes halogenated alkanes) is 8. The number of primary amides is 1. The van der Waals surface area contributed by atoms with Crippen molar-refractivity contribution in [2.45, 2.75) is 114 Å². The van der Waals surface area contributed by atoms with Gasteiger partial charge in [-0.05, 0) is 51.0 Å². The summed E-state index contributed by atoms with van der Waals surface area (Å²) in [6.45, 7) is 2.72. The Morgan fingerprint density at radius 1 is 1.00 bits per heavy atom. The van der Waals surface area contributed by atoms with E-state index < -0.39 is 47.8 Å². The van der Waals surface area contributed by atoms with E-state index in [-0.39, 0.29) is 24.7 Å². The standard InChI is InChI=1S/C19H33NO2.C13H17N3O6/c1-2-3-4-5-6-7-8-9-10-11-12-13-14-15-16-17-18(21)19(20)22;17-3-1-2-9(18)15-8(4-10(19)20)11(21)16-13-5-7(13)6-14-12(13)22/h7-8,14-18,21H,2-6,9-13H2,1H3,(H2,20,22);3,7-8H,1-2,4-6H2,(H,14,22)(H,15,18)(H,16,21)(H,19,20)/b8-7-,15-14-,17-16+;. The molecule has 0 aromatic heterocycles. The number of piperidine rings is 1. The number of rotatable bonds is 22. The molecule has 4 atom stereocenters. The lowest BCUT2D eigenvalue weighted by atomic mass is 10.1. The number of carboxylic acid groups (broad SMARTS) is 1. The number of carboxylic acids is 1. The fourth-order valence-electron chi connectivity index (χ4n) is 4.65. The summed E-state index contributed by atoms with van der Waals surface area (Å²) >= 11 is 0. The van der Waals surface area contributed by atoms with Gasteiger partial charge in [0.2, 0.25) is 23.6 Å². The van der Waals surface area contributed by atoms with E-state index in [1.165, 1.54) is 63.9 Å². The minimum Gasteiger partial charge on any atom is -0.481 e. The molecule has 12 nitrogen and oxygen atoms in total. The maximum absolute atomic E-state index is 12.2. The van der Waals surface area contributed by atoms with Gasteiger partial charge in [0.05, 0.1) is 6.42 Å².